The predicted octanol–water partition coefficient (Wildman–Crippen LogP) is 1.94. The van der Waals surface area contributed by atoms with Crippen molar-refractivity contribution in [2.24, 2.45) is 5.92 Å². The SMILES string of the molecule is CCC(C#N)C(=O)NCC1CCCCS1. The highest BCUT2D eigenvalue weighted by molar-refractivity contribution is 7.99. The molecule has 15 heavy (non-hydrogen) atoms. The van der Waals surface area contributed by atoms with E-state index in [9.17, 15) is 4.79 Å². The van der Waals surface area contributed by atoms with E-state index in [1.54, 1.807) is 0 Å². The van der Waals surface area contributed by atoms with Crippen LogP contribution in [0.4, 0.5) is 0 Å². The first kappa shape index (κ1) is 12.4. The lowest BCUT2D eigenvalue weighted by Gasteiger charge is -2.21. The van der Waals surface area contributed by atoms with Crippen LogP contribution in [0.2, 0.25) is 0 Å². The largest absolute Gasteiger partial charge is 0.354 e. The number of carbonyl (C=O) groups is 1. The summed E-state index contributed by atoms with van der Waals surface area (Å²) in [7, 11) is 0. The van der Waals surface area contributed by atoms with Crippen LogP contribution in [0.15, 0.2) is 0 Å². The predicted molar refractivity (Wildman–Crippen MR) is 62.5 cm³/mol. The van der Waals surface area contributed by atoms with Crippen molar-refractivity contribution in [3.63, 3.8) is 0 Å². The van der Waals surface area contributed by atoms with Crippen molar-refractivity contribution in [3.8, 4) is 6.07 Å². The molecule has 4 heteroatoms. The third-order valence-electron chi connectivity index (χ3n) is 2.66. The Labute approximate surface area is 95.6 Å². The molecular weight excluding hydrogens is 208 g/mol. The van der Waals surface area contributed by atoms with Gasteiger partial charge in [0.05, 0.1) is 6.07 Å². The molecule has 0 bridgehead atoms. The Morgan fingerprint density at radius 2 is 2.47 bits per heavy atom. The fourth-order valence-electron chi connectivity index (χ4n) is 1.64. The molecule has 2 unspecified atom stereocenters. The molecule has 1 rings (SSSR count). The molecule has 1 fully saturated rings. The van der Waals surface area contributed by atoms with E-state index in [2.05, 4.69) is 5.32 Å². The molecule has 1 aliphatic rings. The molecule has 1 heterocycles. The molecule has 1 aliphatic heterocycles. The van der Waals surface area contributed by atoms with E-state index in [-0.39, 0.29) is 5.91 Å². The van der Waals surface area contributed by atoms with Gasteiger partial charge in [0.25, 0.3) is 0 Å². The lowest BCUT2D eigenvalue weighted by Crippen LogP contribution is -2.35. The van der Waals surface area contributed by atoms with Crippen molar-refractivity contribution in [1.82, 2.24) is 5.32 Å². The molecule has 84 valence electrons. The van der Waals surface area contributed by atoms with Gasteiger partial charge >= 0.3 is 0 Å². The van der Waals surface area contributed by atoms with E-state index in [1.807, 2.05) is 24.8 Å². The summed E-state index contributed by atoms with van der Waals surface area (Å²) in [5.74, 6) is 0.625. The first-order valence-electron chi connectivity index (χ1n) is 5.56. The van der Waals surface area contributed by atoms with E-state index in [0.29, 0.717) is 11.7 Å². The summed E-state index contributed by atoms with van der Waals surface area (Å²) in [6.45, 7) is 2.59. The average Bonchev–Trinajstić information content (AvgIpc) is 2.29. The normalized spacial score (nSPS) is 22.8. The van der Waals surface area contributed by atoms with Crippen LogP contribution in [0.1, 0.15) is 32.6 Å². The molecule has 0 aromatic carbocycles. The third kappa shape index (κ3) is 4.13. The van der Waals surface area contributed by atoms with Gasteiger partial charge in [-0.05, 0) is 25.0 Å². The fourth-order valence-corrected chi connectivity index (χ4v) is 2.88. The monoisotopic (exact) mass is 226 g/mol. The lowest BCUT2D eigenvalue weighted by molar-refractivity contribution is -0.123. The number of hydrogen-bond donors (Lipinski definition) is 1. The van der Waals surface area contributed by atoms with E-state index < -0.39 is 5.92 Å². The second kappa shape index (κ2) is 6.73. The topological polar surface area (TPSA) is 52.9 Å². The van der Waals surface area contributed by atoms with Gasteiger partial charge in [-0.1, -0.05) is 13.3 Å². The van der Waals surface area contributed by atoms with Crippen molar-refractivity contribution in [3.05, 3.63) is 0 Å². The van der Waals surface area contributed by atoms with Crippen LogP contribution in [-0.2, 0) is 4.79 Å². The van der Waals surface area contributed by atoms with Crippen molar-refractivity contribution < 1.29 is 4.79 Å². The highest BCUT2D eigenvalue weighted by Gasteiger charge is 2.18. The Morgan fingerprint density at radius 1 is 1.67 bits per heavy atom. The molecule has 0 saturated carbocycles. The molecule has 0 aliphatic carbocycles. The standard InChI is InChI=1S/C11H18N2OS/c1-2-9(7-12)11(14)13-8-10-5-3-4-6-15-10/h9-10H,2-6,8H2,1H3,(H,13,14). The Morgan fingerprint density at radius 3 is 3.00 bits per heavy atom. The van der Waals surface area contributed by atoms with Crippen LogP contribution in [-0.4, -0.2) is 23.5 Å². The quantitative estimate of drug-likeness (QED) is 0.797. The van der Waals surface area contributed by atoms with Gasteiger partial charge in [-0.2, -0.15) is 17.0 Å². The Hall–Kier alpha value is -0.690. The first-order chi connectivity index (χ1) is 7.27. The van der Waals surface area contributed by atoms with Gasteiger partial charge < -0.3 is 5.32 Å². The van der Waals surface area contributed by atoms with E-state index in [4.69, 9.17) is 5.26 Å². The summed E-state index contributed by atoms with van der Waals surface area (Å²) < 4.78 is 0. The molecule has 1 amide bonds. The van der Waals surface area contributed by atoms with E-state index >= 15 is 0 Å². The average molecular weight is 226 g/mol. The number of nitrogens with one attached hydrogen (secondary N) is 1. The summed E-state index contributed by atoms with van der Waals surface area (Å²) in [6.07, 6.45) is 4.35. The Kier molecular flexibility index (Phi) is 5.56. The summed E-state index contributed by atoms with van der Waals surface area (Å²) in [4.78, 5) is 11.5. The lowest BCUT2D eigenvalue weighted by atomic mass is 10.1. The number of nitrogens with zero attached hydrogens (tertiary/aromatic N) is 1. The molecule has 0 radical (unpaired) electrons. The summed E-state index contributed by atoms with van der Waals surface area (Å²) in [5.41, 5.74) is 0. The second-order valence-corrected chi connectivity index (χ2v) is 5.23. The van der Waals surface area contributed by atoms with Gasteiger partial charge in [-0.25, -0.2) is 0 Å². The van der Waals surface area contributed by atoms with Crippen LogP contribution >= 0.6 is 11.8 Å². The van der Waals surface area contributed by atoms with Crippen LogP contribution in [0, 0.1) is 17.2 Å². The maximum atomic E-state index is 11.5. The Bertz CT molecular complexity index is 243. The van der Waals surface area contributed by atoms with Crippen LogP contribution < -0.4 is 5.32 Å². The summed E-state index contributed by atoms with van der Waals surface area (Å²) in [5, 5.41) is 12.1. The number of thioether (sulfide) groups is 1. The van der Waals surface area contributed by atoms with Crippen molar-refractivity contribution >= 4 is 17.7 Å². The molecule has 0 spiro atoms. The molecule has 2 atom stereocenters. The van der Waals surface area contributed by atoms with Crippen molar-refractivity contribution in [2.45, 2.75) is 37.9 Å². The number of amides is 1. The number of hydrogen-bond acceptors (Lipinski definition) is 3. The van der Waals surface area contributed by atoms with Crippen molar-refractivity contribution in [2.75, 3.05) is 12.3 Å². The molecule has 0 aromatic heterocycles. The summed E-state index contributed by atoms with van der Waals surface area (Å²) in [6, 6.07) is 2.02. The van der Waals surface area contributed by atoms with E-state index in [1.165, 1.54) is 25.0 Å². The van der Waals surface area contributed by atoms with Crippen molar-refractivity contribution in [1.29, 1.82) is 5.26 Å². The van der Waals surface area contributed by atoms with E-state index in [0.717, 1.165) is 6.54 Å². The zero-order valence-corrected chi connectivity index (χ0v) is 9.98. The summed E-state index contributed by atoms with van der Waals surface area (Å²) >= 11 is 1.93. The van der Waals surface area contributed by atoms with Gasteiger partial charge in [0.15, 0.2) is 0 Å². The minimum absolute atomic E-state index is 0.105. The molecule has 1 saturated heterocycles. The highest BCUT2D eigenvalue weighted by atomic mass is 32.2. The smallest absolute Gasteiger partial charge is 0.237 e. The molecule has 3 nitrogen and oxygen atoms in total. The maximum absolute atomic E-state index is 11.5. The minimum Gasteiger partial charge on any atom is -0.354 e. The number of nitriles is 1. The first-order valence-corrected chi connectivity index (χ1v) is 6.61. The van der Waals surface area contributed by atoms with Gasteiger partial charge in [-0.3, -0.25) is 4.79 Å². The zero-order chi connectivity index (χ0) is 11.1. The minimum atomic E-state index is -0.474. The Balaban J connectivity index is 2.23. The van der Waals surface area contributed by atoms with Gasteiger partial charge in [0.1, 0.15) is 5.92 Å². The number of carbonyl (C=O) groups excluding carboxylic acids is 1. The van der Waals surface area contributed by atoms with Crippen LogP contribution in [0.5, 0.6) is 0 Å². The van der Waals surface area contributed by atoms with Crippen LogP contribution in [0.25, 0.3) is 0 Å². The third-order valence-corrected chi connectivity index (χ3v) is 4.06. The van der Waals surface area contributed by atoms with Gasteiger partial charge in [0, 0.05) is 11.8 Å². The second-order valence-electron chi connectivity index (χ2n) is 3.82. The molecular formula is C11H18N2OS. The van der Waals surface area contributed by atoms with Crippen LogP contribution in [0.3, 0.4) is 0 Å². The molecule has 1 N–H and O–H groups in total. The fraction of sp³-hybridized carbons (Fsp3) is 0.818. The maximum Gasteiger partial charge on any atom is 0.237 e. The number of rotatable bonds is 4. The zero-order valence-electron chi connectivity index (χ0n) is 9.16. The molecule has 0 aromatic rings. The van der Waals surface area contributed by atoms with Gasteiger partial charge in [-0.15, -0.1) is 0 Å². The van der Waals surface area contributed by atoms with Gasteiger partial charge in [0.2, 0.25) is 5.91 Å². The highest BCUT2D eigenvalue weighted by Crippen LogP contribution is 2.24.